The molecular weight excluding hydrogens is 197 g/mol. The van der Waals surface area contributed by atoms with Crippen LogP contribution in [0.15, 0.2) is 0 Å². The highest BCUT2D eigenvalue weighted by molar-refractivity contribution is 7.38. The number of ether oxygens (including phenoxy) is 2. The van der Waals surface area contributed by atoms with Crippen molar-refractivity contribution in [3.8, 4) is 0 Å². The highest BCUT2D eigenvalue weighted by Crippen LogP contribution is 2.13. The summed E-state index contributed by atoms with van der Waals surface area (Å²) in [5, 5.41) is 3.31. The molecule has 3 nitrogen and oxygen atoms in total. The van der Waals surface area contributed by atoms with Crippen LogP contribution >= 0.6 is 8.58 Å². The number of hydrogen-bond donors (Lipinski definition) is 1. The van der Waals surface area contributed by atoms with Crippen molar-refractivity contribution in [1.82, 2.24) is 5.32 Å². The Morgan fingerprint density at radius 3 is 2.29 bits per heavy atom. The van der Waals surface area contributed by atoms with Crippen molar-refractivity contribution in [2.45, 2.75) is 27.1 Å². The molecule has 0 spiro atoms. The first kappa shape index (κ1) is 14.3. The van der Waals surface area contributed by atoms with Crippen molar-refractivity contribution in [1.29, 1.82) is 0 Å². The molecule has 1 unspecified atom stereocenters. The van der Waals surface area contributed by atoms with Crippen LogP contribution in [-0.4, -0.2) is 44.9 Å². The molecule has 0 amide bonds. The topological polar surface area (TPSA) is 30.5 Å². The standard InChI is InChI=1S/C10H24NO2P/c1-4-11-7-8-14-9-10(12-5-2)13-6-3/h10-11,14H,4-9H2,1-3H3. The molecule has 0 saturated heterocycles. The predicted octanol–water partition coefficient (Wildman–Crippen LogP) is 1.67. The van der Waals surface area contributed by atoms with Crippen molar-refractivity contribution >= 4 is 8.58 Å². The molecule has 0 aliphatic carbocycles. The third kappa shape index (κ3) is 8.89. The molecule has 0 heterocycles. The molecule has 0 radical (unpaired) electrons. The summed E-state index contributed by atoms with van der Waals surface area (Å²) in [7, 11) is 0.930. The highest BCUT2D eigenvalue weighted by atomic mass is 31.1. The van der Waals surface area contributed by atoms with Crippen LogP contribution in [0.25, 0.3) is 0 Å². The quantitative estimate of drug-likeness (QED) is 0.346. The molecule has 0 rings (SSSR count). The summed E-state index contributed by atoms with van der Waals surface area (Å²) in [4.78, 5) is 0. The van der Waals surface area contributed by atoms with E-state index >= 15 is 0 Å². The molecular formula is C10H24NO2P. The normalized spacial score (nSPS) is 12.0. The van der Waals surface area contributed by atoms with E-state index in [9.17, 15) is 0 Å². The molecule has 0 aromatic rings. The monoisotopic (exact) mass is 221 g/mol. The van der Waals surface area contributed by atoms with Gasteiger partial charge in [-0.1, -0.05) is 6.92 Å². The maximum Gasteiger partial charge on any atom is 0.161 e. The first-order chi connectivity index (χ1) is 6.85. The minimum Gasteiger partial charge on any atom is -0.353 e. The van der Waals surface area contributed by atoms with Crippen LogP contribution in [0, 0.1) is 0 Å². The molecule has 0 aromatic heterocycles. The Balaban J connectivity index is 3.30. The lowest BCUT2D eigenvalue weighted by atomic mass is 10.7. The van der Waals surface area contributed by atoms with Gasteiger partial charge in [0.2, 0.25) is 0 Å². The maximum absolute atomic E-state index is 5.45. The smallest absolute Gasteiger partial charge is 0.161 e. The van der Waals surface area contributed by atoms with Gasteiger partial charge in [-0.25, -0.2) is 0 Å². The van der Waals surface area contributed by atoms with E-state index in [1.165, 1.54) is 6.16 Å². The van der Waals surface area contributed by atoms with Crippen LogP contribution in [0.3, 0.4) is 0 Å². The Hall–Kier alpha value is 0.310. The highest BCUT2D eigenvalue weighted by Gasteiger charge is 2.06. The first-order valence-corrected chi connectivity index (χ1v) is 6.91. The van der Waals surface area contributed by atoms with Gasteiger partial charge in [0, 0.05) is 19.4 Å². The molecule has 0 saturated carbocycles. The zero-order chi connectivity index (χ0) is 10.6. The van der Waals surface area contributed by atoms with Gasteiger partial charge in [-0.15, -0.1) is 8.58 Å². The van der Waals surface area contributed by atoms with E-state index in [2.05, 4.69) is 12.2 Å². The van der Waals surface area contributed by atoms with Gasteiger partial charge in [0.25, 0.3) is 0 Å². The fraction of sp³-hybridized carbons (Fsp3) is 1.00. The second-order valence-electron chi connectivity index (χ2n) is 2.90. The van der Waals surface area contributed by atoms with Crippen molar-refractivity contribution in [3.63, 3.8) is 0 Å². The van der Waals surface area contributed by atoms with Gasteiger partial charge in [0.1, 0.15) is 0 Å². The summed E-state index contributed by atoms with van der Waals surface area (Å²) in [5.74, 6) is 0. The van der Waals surface area contributed by atoms with Gasteiger partial charge in [-0.05, 0) is 33.1 Å². The van der Waals surface area contributed by atoms with Crippen molar-refractivity contribution in [3.05, 3.63) is 0 Å². The number of rotatable bonds is 10. The predicted molar refractivity (Wildman–Crippen MR) is 63.6 cm³/mol. The molecule has 86 valence electrons. The Kier molecular flexibility index (Phi) is 11.6. The largest absolute Gasteiger partial charge is 0.353 e. The van der Waals surface area contributed by atoms with Gasteiger partial charge in [0.15, 0.2) is 6.29 Å². The summed E-state index contributed by atoms with van der Waals surface area (Å²) in [6.45, 7) is 9.79. The van der Waals surface area contributed by atoms with E-state index in [0.29, 0.717) is 0 Å². The fourth-order valence-corrected chi connectivity index (χ4v) is 2.14. The molecule has 1 N–H and O–H groups in total. The summed E-state index contributed by atoms with van der Waals surface area (Å²) >= 11 is 0. The molecule has 0 bridgehead atoms. The third-order valence-electron chi connectivity index (χ3n) is 1.74. The minimum atomic E-state index is 0.0185. The summed E-state index contributed by atoms with van der Waals surface area (Å²) < 4.78 is 10.9. The van der Waals surface area contributed by atoms with E-state index in [1.807, 2.05) is 13.8 Å². The first-order valence-electron chi connectivity index (χ1n) is 5.49. The van der Waals surface area contributed by atoms with Gasteiger partial charge < -0.3 is 14.8 Å². The van der Waals surface area contributed by atoms with Gasteiger partial charge in [-0.3, -0.25) is 0 Å². The van der Waals surface area contributed by atoms with Crippen LogP contribution in [-0.2, 0) is 9.47 Å². The van der Waals surface area contributed by atoms with Crippen LogP contribution in [0.1, 0.15) is 20.8 Å². The third-order valence-corrected chi connectivity index (χ3v) is 2.97. The van der Waals surface area contributed by atoms with E-state index in [1.54, 1.807) is 0 Å². The SMILES string of the molecule is CCNCCPCC(OCC)OCC. The van der Waals surface area contributed by atoms with E-state index in [4.69, 9.17) is 9.47 Å². The maximum atomic E-state index is 5.45. The second kappa shape index (κ2) is 11.4. The summed E-state index contributed by atoms with van der Waals surface area (Å²) in [5.41, 5.74) is 0. The van der Waals surface area contributed by atoms with Crippen molar-refractivity contribution < 1.29 is 9.47 Å². The van der Waals surface area contributed by atoms with E-state index in [0.717, 1.165) is 41.0 Å². The van der Waals surface area contributed by atoms with Crippen LogP contribution in [0.2, 0.25) is 0 Å². The summed E-state index contributed by atoms with van der Waals surface area (Å²) in [6, 6.07) is 0. The van der Waals surface area contributed by atoms with Crippen molar-refractivity contribution in [2.24, 2.45) is 0 Å². The molecule has 0 aromatic carbocycles. The fourth-order valence-electron chi connectivity index (χ4n) is 1.11. The zero-order valence-electron chi connectivity index (χ0n) is 9.64. The van der Waals surface area contributed by atoms with Gasteiger partial charge in [0.05, 0.1) is 0 Å². The van der Waals surface area contributed by atoms with Gasteiger partial charge in [-0.2, -0.15) is 0 Å². The molecule has 14 heavy (non-hydrogen) atoms. The average Bonchev–Trinajstić information content (AvgIpc) is 2.18. The molecule has 0 aliphatic heterocycles. The van der Waals surface area contributed by atoms with Crippen LogP contribution in [0.4, 0.5) is 0 Å². The van der Waals surface area contributed by atoms with Crippen LogP contribution in [0.5, 0.6) is 0 Å². The van der Waals surface area contributed by atoms with Gasteiger partial charge >= 0.3 is 0 Å². The molecule has 4 heteroatoms. The zero-order valence-corrected chi connectivity index (χ0v) is 10.6. The Morgan fingerprint density at radius 2 is 1.79 bits per heavy atom. The summed E-state index contributed by atoms with van der Waals surface area (Å²) in [6.07, 6.45) is 2.28. The minimum absolute atomic E-state index is 0.0185. The lowest BCUT2D eigenvalue weighted by Gasteiger charge is -2.16. The van der Waals surface area contributed by atoms with Crippen molar-refractivity contribution in [2.75, 3.05) is 38.6 Å². The Bertz CT molecular complexity index is 108. The van der Waals surface area contributed by atoms with Crippen LogP contribution < -0.4 is 5.32 Å². The lowest BCUT2D eigenvalue weighted by Crippen LogP contribution is -2.21. The molecule has 0 fully saturated rings. The number of hydrogen-bond acceptors (Lipinski definition) is 3. The molecule has 1 atom stereocenters. The van der Waals surface area contributed by atoms with E-state index in [-0.39, 0.29) is 6.29 Å². The Morgan fingerprint density at radius 1 is 1.14 bits per heavy atom. The Labute approximate surface area is 89.7 Å². The average molecular weight is 221 g/mol. The lowest BCUT2D eigenvalue weighted by molar-refractivity contribution is -0.120. The molecule has 0 aliphatic rings. The number of nitrogens with one attached hydrogen (secondary N) is 1. The van der Waals surface area contributed by atoms with E-state index < -0.39 is 0 Å². The second-order valence-corrected chi connectivity index (χ2v) is 4.31.